The Morgan fingerprint density at radius 1 is 1.33 bits per heavy atom. The van der Waals surface area contributed by atoms with E-state index in [0.29, 0.717) is 30.4 Å². The number of carboxylic acids is 1. The largest absolute Gasteiger partial charge is 0.481 e. The van der Waals surface area contributed by atoms with Gasteiger partial charge in [0.2, 0.25) is 11.9 Å². The molecule has 0 aromatic carbocycles. The average molecular weight is 310 g/mol. The van der Waals surface area contributed by atoms with Gasteiger partial charge in [-0.3, -0.25) is 14.9 Å². The second kappa shape index (κ2) is 5.28. The second-order valence-corrected chi connectivity index (χ2v) is 5.33. The lowest BCUT2D eigenvalue weighted by molar-refractivity contribution is -0.141. The van der Waals surface area contributed by atoms with Crippen LogP contribution < -0.4 is 5.32 Å². The molecule has 1 saturated carbocycles. The number of hydrogen-bond acceptors (Lipinski definition) is 5. The Balaban J connectivity index is 1.73. The number of carboxylic acid groups (broad SMARTS) is 1. The molecule has 1 aliphatic rings. The molecule has 9 heteroatoms. The monoisotopic (exact) mass is 309 g/mol. The summed E-state index contributed by atoms with van der Waals surface area (Å²) in [5.41, 5.74) is 0.863. The number of imidazole rings is 1. The van der Waals surface area contributed by atoms with Crippen molar-refractivity contribution in [3.63, 3.8) is 0 Å². The molecule has 2 aromatic heterocycles. The van der Waals surface area contributed by atoms with Crippen molar-refractivity contribution in [1.29, 1.82) is 0 Å². The van der Waals surface area contributed by atoms with E-state index in [4.69, 9.17) is 16.7 Å². The third-order valence-electron chi connectivity index (χ3n) is 3.63. The predicted octanol–water partition coefficient (Wildman–Crippen LogP) is 1.45. The van der Waals surface area contributed by atoms with Gasteiger partial charge in [-0.15, -0.1) is 0 Å². The van der Waals surface area contributed by atoms with Gasteiger partial charge >= 0.3 is 5.97 Å². The third-order valence-corrected chi connectivity index (χ3v) is 3.90. The zero-order valence-electron chi connectivity index (χ0n) is 10.8. The van der Waals surface area contributed by atoms with Gasteiger partial charge in [-0.2, -0.15) is 9.97 Å². The van der Waals surface area contributed by atoms with Crippen LogP contribution in [0.3, 0.4) is 0 Å². The molecule has 0 spiro atoms. The summed E-state index contributed by atoms with van der Waals surface area (Å²) in [6.07, 6.45) is 2.82. The first-order valence-electron chi connectivity index (χ1n) is 6.45. The molecule has 110 valence electrons. The highest BCUT2D eigenvalue weighted by Gasteiger charge is 2.34. The summed E-state index contributed by atoms with van der Waals surface area (Å²) in [7, 11) is 0. The molecule has 2 atom stereocenters. The van der Waals surface area contributed by atoms with Crippen molar-refractivity contribution in [2.75, 3.05) is 5.32 Å². The fraction of sp³-hybridized carbons (Fsp3) is 0.417. The van der Waals surface area contributed by atoms with E-state index >= 15 is 0 Å². The lowest BCUT2D eigenvalue weighted by Crippen LogP contribution is -2.23. The molecule has 0 aliphatic heterocycles. The molecule has 1 aliphatic carbocycles. The van der Waals surface area contributed by atoms with Crippen LogP contribution in [0.5, 0.6) is 0 Å². The number of nitrogens with one attached hydrogen (secondary N) is 2. The Labute approximate surface area is 124 Å². The number of hydrogen-bond donors (Lipinski definition) is 3. The molecular formula is C12H12ClN5O3. The van der Waals surface area contributed by atoms with E-state index in [9.17, 15) is 9.59 Å². The molecule has 0 saturated heterocycles. The van der Waals surface area contributed by atoms with Gasteiger partial charge in [0, 0.05) is 5.92 Å². The molecule has 0 unspecified atom stereocenters. The Morgan fingerprint density at radius 2 is 2.10 bits per heavy atom. The fourth-order valence-electron chi connectivity index (χ4n) is 2.51. The van der Waals surface area contributed by atoms with Crippen molar-refractivity contribution in [3.8, 4) is 0 Å². The molecule has 2 heterocycles. The molecule has 21 heavy (non-hydrogen) atoms. The first kappa shape index (κ1) is 13.7. The Morgan fingerprint density at radius 3 is 2.81 bits per heavy atom. The Bertz CT molecular complexity index is 716. The van der Waals surface area contributed by atoms with Gasteiger partial charge in [0.25, 0.3) is 0 Å². The number of aliphatic carboxylic acids is 1. The number of rotatable bonds is 3. The van der Waals surface area contributed by atoms with Crippen molar-refractivity contribution in [2.45, 2.75) is 19.3 Å². The molecule has 8 nitrogen and oxygen atoms in total. The smallest absolute Gasteiger partial charge is 0.306 e. The fourth-order valence-corrected chi connectivity index (χ4v) is 2.73. The first-order chi connectivity index (χ1) is 10.0. The summed E-state index contributed by atoms with van der Waals surface area (Å²) < 4.78 is 0. The van der Waals surface area contributed by atoms with E-state index in [0.717, 1.165) is 0 Å². The number of anilines is 1. The molecule has 1 fully saturated rings. The minimum absolute atomic E-state index is 0.0726. The zero-order valence-corrected chi connectivity index (χ0v) is 11.6. The van der Waals surface area contributed by atoms with Crippen LogP contribution in [0.1, 0.15) is 19.3 Å². The average Bonchev–Trinajstić information content (AvgIpc) is 3.07. The van der Waals surface area contributed by atoms with Crippen molar-refractivity contribution in [2.24, 2.45) is 11.8 Å². The van der Waals surface area contributed by atoms with Crippen LogP contribution in [0.4, 0.5) is 5.95 Å². The van der Waals surface area contributed by atoms with Crippen LogP contribution in [0.15, 0.2) is 6.33 Å². The van der Waals surface area contributed by atoms with E-state index in [1.807, 2.05) is 0 Å². The first-order valence-corrected chi connectivity index (χ1v) is 6.82. The maximum atomic E-state index is 12.1. The summed E-state index contributed by atoms with van der Waals surface area (Å²) in [5.74, 6) is -1.88. The number of amides is 1. The van der Waals surface area contributed by atoms with E-state index in [1.54, 1.807) is 0 Å². The predicted molar refractivity (Wildman–Crippen MR) is 73.8 cm³/mol. The van der Waals surface area contributed by atoms with Crippen molar-refractivity contribution in [1.82, 2.24) is 19.9 Å². The van der Waals surface area contributed by atoms with Crippen molar-refractivity contribution in [3.05, 3.63) is 11.5 Å². The Kier molecular flexibility index (Phi) is 3.46. The van der Waals surface area contributed by atoms with E-state index in [-0.39, 0.29) is 22.9 Å². The lowest BCUT2D eigenvalue weighted by Gasteiger charge is -2.09. The quantitative estimate of drug-likeness (QED) is 0.738. The summed E-state index contributed by atoms with van der Waals surface area (Å²) in [6.45, 7) is 0. The minimum atomic E-state index is -0.859. The van der Waals surface area contributed by atoms with E-state index in [1.165, 1.54) is 6.33 Å². The zero-order chi connectivity index (χ0) is 15.0. The highest BCUT2D eigenvalue weighted by molar-refractivity contribution is 6.33. The van der Waals surface area contributed by atoms with E-state index in [2.05, 4.69) is 25.3 Å². The third kappa shape index (κ3) is 2.66. The van der Waals surface area contributed by atoms with Gasteiger partial charge in [-0.25, -0.2) is 4.98 Å². The number of carbonyl (C=O) groups excluding carboxylic acids is 1. The van der Waals surface area contributed by atoms with Gasteiger partial charge in [0.1, 0.15) is 5.52 Å². The van der Waals surface area contributed by atoms with Gasteiger partial charge in [-0.05, 0) is 19.3 Å². The summed E-state index contributed by atoms with van der Waals surface area (Å²) >= 11 is 5.96. The summed E-state index contributed by atoms with van der Waals surface area (Å²) in [5, 5.41) is 11.7. The molecule has 0 radical (unpaired) electrons. The topological polar surface area (TPSA) is 121 Å². The number of aromatic nitrogens is 4. The van der Waals surface area contributed by atoms with Gasteiger partial charge in [0.05, 0.1) is 12.2 Å². The van der Waals surface area contributed by atoms with Crippen LogP contribution in [-0.2, 0) is 9.59 Å². The highest BCUT2D eigenvalue weighted by Crippen LogP contribution is 2.31. The summed E-state index contributed by atoms with van der Waals surface area (Å²) in [4.78, 5) is 37.8. The molecule has 3 rings (SSSR count). The Hall–Kier alpha value is -2.22. The van der Waals surface area contributed by atoms with Crippen LogP contribution in [-0.4, -0.2) is 36.9 Å². The maximum absolute atomic E-state index is 12.1. The highest BCUT2D eigenvalue weighted by atomic mass is 35.5. The maximum Gasteiger partial charge on any atom is 0.306 e. The van der Waals surface area contributed by atoms with Crippen molar-refractivity contribution < 1.29 is 14.7 Å². The van der Waals surface area contributed by atoms with Gasteiger partial charge in [-0.1, -0.05) is 11.6 Å². The molecule has 1 amide bonds. The van der Waals surface area contributed by atoms with Crippen LogP contribution in [0.2, 0.25) is 5.15 Å². The summed E-state index contributed by atoms with van der Waals surface area (Å²) in [6, 6.07) is 0. The molecule has 0 bridgehead atoms. The molecular weight excluding hydrogens is 298 g/mol. The van der Waals surface area contributed by atoms with Gasteiger partial charge in [0.15, 0.2) is 10.8 Å². The number of halogens is 1. The molecule has 2 aromatic rings. The lowest BCUT2D eigenvalue weighted by atomic mass is 10.0. The minimum Gasteiger partial charge on any atom is -0.481 e. The van der Waals surface area contributed by atoms with Crippen molar-refractivity contribution >= 4 is 40.6 Å². The van der Waals surface area contributed by atoms with Gasteiger partial charge < -0.3 is 10.1 Å². The normalized spacial score (nSPS) is 21.6. The number of nitrogens with zero attached hydrogens (tertiary/aromatic N) is 3. The SMILES string of the molecule is O=C(O)[C@H]1CC[C@@H](C(=O)Nc2nc(Cl)c3[nH]cnc3n2)C1. The number of aromatic amines is 1. The number of H-pyrrole nitrogens is 1. The second-order valence-electron chi connectivity index (χ2n) is 4.97. The number of fused-ring (bicyclic) bond motifs is 1. The van der Waals surface area contributed by atoms with E-state index < -0.39 is 11.9 Å². The van der Waals surface area contributed by atoms with Crippen LogP contribution in [0, 0.1) is 11.8 Å². The van der Waals surface area contributed by atoms with Crippen LogP contribution >= 0.6 is 11.6 Å². The standard InChI is InChI=1S/C12H12ClN5O3/c13-8-7-9(15-4-14-7)17-12(16-8)18-10(19)5-1-2-6(3-5)11(20)21/h4-6H,1-3H2,(H,20,21)(H2,14,15,16,17,18,19)/t5-,6+/m1/s1. The van der Waals surface area contributed by atoms with Crippen LogP contribution in [0.25, 0.3) is 11.2 Å². The number of carbonyl (C=O) groups is 2. The molecule has 3 N–H and O–H groups in total.